The van der Waals surface area contributed by atoms with E-state index in [4.69, 9.17) is 4.74 Å². The van der Waals surface area contributed by atoms with Gasteiger partial charge in [-0.05, 0) is 36.8 Å². The van der Waals surface area contributed by atoms with E-state index in [-0.39, 0.29) is 30.2 Å². The van der Waals surface area contributed by atoms with Crippen molar-refractivity contribution in [3.63, 3.8) is 0 Å². The minimum absolute atomic E-state index is 0.0650. The van der Waals surface area contributed by atoms with E-state index in [0.717, 1.165) is 10.0 Å². The van der Waals surface area contributed by atoms with Crippen LogP contribution >= 0.6 is 15.9 Å². The number of nitrogens with one attached hydrogen (secondary N) is 1. The van der Waals surface area contributed by atoms with Gasteiger partial charge in [-0.3, -0.25) is 9.59 Å². The molecule has 0 aliphatic carbocycles. The molecule has 2 atom stereocenters. The monoisotopic (exact) mass is 416 g/mol. The Labute approximate surface area is 161 Å². The normalized spacial score (nSPS) is 17.9. The van der Waals surface area contributed by atoms with Crippen LogP contribution in [0.4, 0.5) is 5.69 Å². The summed E-state index contributed by atoms with van der Waals surface area (Å²) in [6.45, 7) is 2.30. The number of nitrogens with zero attached hydrogens (tertiary/aromatic N) is 1. The van der Waals surface area contributed by atoms with Gasteiger partial charge in [-0.1, -0.05) is 40.2 Å². The van der Waals surface area contributed by atoms with Gasteiger partial charge >= 0.3 is 0 Å². The summed E-state index contributed by atoms with van der Waals surface area (Å²) in [5.41, 5.74) is 1.72. The van der Waals surface area contributed by atoms with Crippen LogP contribution in [0.3, 0.4) is 0 Å². The SMILES string of the molecule is COc1ccccc1N1CC(C(=O)NC(C)c2cccc(Br)c2)CC1=O. The molecular weight excluding hydrogens is 396 g/mol. The predicted molar refractivity (Wildman–Crippen MR) is 104 cm³/mol. The molecule has 1 fully saturated rings. The van der Waals surface area contributed by atoms with Crippen LogP contribution in [0.2, 0.25) is 0 Å². The summed E-state index contributed by atoms with van der Waals surface area (Å²) in [5.74, 6) is 0.0828. The number of hydrogen-bond acceptors (Lipinski definition) is 3. The first-order valence-electron chi connectivity index (χ1n) is 8.49. The Hall–Kier alpha value is -2.34. The smallest absolute Gasteiger partial charge is 0.227 e. The minimum Gasteiger partial charge on any atom is -0.495 e. The summed E-state index contributed by atoms with van der Waals surface area (Å²) in [5, 5.41) is 3.02. The van der Waals surface area contributed by atoms with Gasteiger partial charge in [0.05, 0.1) is 24.8 Å². The van der Waals surface area contributed by atoms with Crippen molar-refractivity contribution in [2.45, 2.75) is 19.4 Å². The summed E-state index contributed by atoms with van der Waals surface area (Å²) >= 11 is 3.44. The van der Waals surface area contributed by atoms with Crippen LogP contribution in [-0.2, 0) is 9.59 Å². The molecule has 26 heavy (non-hydrogen) atoms. The zero-order chi connectivity index (χ0) is 18.7. The lowest BCUT2D eigenvalue weighted by molar-refractivity contribution is -0.126. The maximum Gasteiger partial charge on any atom is 0.227 e. The summed E-state index contributed by atoms with van der Waals surface area (Å²) in [6, 6.07) is 15.1. The lowest BCUT2D eigenvalue weighted by atomic mass is 10.1. The first-order valence-corrected chi connectivity index (χ1v) is 9.28. The van der Waals surface area contributed by atoms with Crippen LogP contribution in [0.1, 0.15) is 24.9 Å². The average Bonchev–Trinajstić information content (AvgIpc) is 3.03. The topological polar surface area (TPSA) is 58.6 Å². The molecule has 5 nitrogen and oxygen atoms in total. The molecule has 1 saturated heterocycles. The second-order valence-corrected chi connectivity index (χ2v) is 7.28. The number of rotatable bonds is 5. The van der Waals surface area contributed by atoms with E-state index in [1.807, 2.05) is 55.5 Å². The van der Waals surface area contributed by atoms with Crippen molar-refractivity contribution >= 4 is 33.4 Å². The van der Waals surface area contributed by atoms with Gasteiger partial charge in [-0.2, -0.15) is 0 Å². The molecule has 1 aliphatic heterocycles. The largest absolute Gasteiger partial charge is 0.495 e. The zero-order valence-electron chi connectivity index (χ0n) is 14.7. The van der Waals surface area contributed by atoms with Gasteiger partial charge in [0, 0.05) is 17.4 Å². The summed E-state index contributed by atoms with van der Waals surface area (Å²) in [7, 11) is 1.57. The fourth-order valence-electron chi connectivity index (χ4n) is 3.16. The Morgan fingerprint density at radius 3 is 2.77 bits per heavy atom. The molecule has 1 aliphatic rings. The first-order chi connectivity index (χ1) is 12.5. The molecule has 0 bridgehead atoms. The van der Waals surface area contributed by atoms with Crippen molar-refractivity contribution < 1.29 is 14.3 Å². The fourth-order valence-corrected chi connectivity index (χ4v) is 3.58. The molecule has 0 aromatic heterocycles. The number of hydrogen-bond donors (Lipinski definition) is 1. The van der Waals surface area contributed by atoms with E-state index in [1.54, 1.807) is 12.0 Å². The van der Waals surface area contributed by atoms with E-state index >= 15 is 0 Å². The third-order valence-electron chi connectivity index (χ3n) is 4.58. The molecule has 0 saturated carbocycles. The number of halogens is 1. The highest BCUT2D eigenvalue weighted by Crippen LogP contribution is 2.33. The number of anilines is 1. The van der Waals surface area contributed by atoms with Gasteiger partial charge in [-0.15, -0.1) is 0 Å². The molecule has 3 rings (SSSR count). The maximum atomic E-state index is 12.7. The lowest BCUT2D eigenvalue weighted by Crippen LogP contribution is -2.34. The molecule has 0 radical (unpaired) electrons. The second-order valence-electron chi connectivity index (χ2n) is 6.36. The van der Waals surface area contributed by atoms with Crippen molar-refractivity contribution in [3.8, 4) is 5.75 Å². The van der Waals surface area contributed by atoms with Crippen molar-refractivity contribution in [1.82, 2.24) is 5.32 Å². The highest BCUT2D eigenvalue weighted by atomic mass is 79.9. The van der Waals surface area contributed by atoms with Gasteiger partial charge in [0.1, 0.15) is 5.75 Å². The Morgan fingerprint density at radius 2 is 2.04 bits per heavy atom. The number of ether oxygens (including phenoxy) is 1. The Morgan fingerprint density at radius 1 is 1.27 bits per heavy atom. The Kier molecular flexibility index (Phi) is 5.61. The van der Waals surface area contributed by atoms with Crippen LogP contribution < -0.4 is 15.0 Å². The lowest BCUT2D eigenvalue weighted by Gasteiger charge is -2.20. The Bertz CT molecular complexity index is 824. The summed E-state index contributed by atoms with van der Waals surface area (Å²) in [4.78, 5) is 26.7. The molecule has 2 unspecified atom stereocenters. The van der Waals surface area contributed by atoms with Crippen molar-refractivity contribution in [3.05, 3.63) is 58.6 Å². The predicted octanol–water partition coefficient (Wildman–Crippen LogP) is 3.69. The van der Waals surface area contributed by atoms with Gasteiger partial charge in [0.15, 0.2) is 0 Å². The summed E-state index contributed by atoms with van der Waals surface area (Å²) in [6.07, 6.45) is 0.203. The second kappa shape index (κ2) is 7.91. The molecule has 1 heterocycles. The fraction of sp³-hybridized carbons (Fsp3) is 0.300. The van der Waals surface area contributed by atoms with Crippen molar-refractivity contribution in [1.29, 1.82) is 0 Å². The van der Waals surface area contributed by atoms with Crippen molar-refractivity contribution in [2.75, 3.05) is 18.6 Å². The zero-order valence-corrected chi connectivity index (χ0v) is 16.3. The van der Waals surface area contributed by atoms with Crippen LogP contribution in [0.15, 0.2) is 53.0 Å². The van der Waals surface area contributed by atoms with Crippen molar-refractivity contribution in [2.24, 2.45) is 5.92 Å². The van der Waals surface area contributed by atoms with E-state index < -0.39 is 0 Å². The minimum atomic E-state index is -0.373. The van der Waals surface area contributed by atoms with Gasteiger partial charge in [0.2, 0.25) is 11.8 Å². The number of para-hydroxylation sites is 2. The van der Waals surface area contributed by atoms with E-state index in [9.17, 15) is 9.59 Å². The first kappa shape index (κ1) is 18.5. The van der Waals surface area contributed by atoms with E-state index in [2.05, 4.69) is 21.2 Å². The van der Waals surface area contributed by atoms with Crippen LogP contribution in [0, 0.1) is 5.92 Å². The third-order valence-corrected chi connectivity index (χ3v) is 5.07. The van der Waals surface area contributed by atoms with E-state index in [0.29, 0.717) is 18.0 Å². The van der Waals surface area contributed by atoms with Gasteiger partial charge in [0.25, 0.3) is 0 Å². The van der Waals surface area contributed by atoms with Crippen LogP contribution in [0.25, 0.3) is 0 Å². The highest BCUT2D eigenvalue weighted by molar-refractivity contribution is 9.10. The molecule has 2 aromatic rings. The number of methoxy groups -OCH3 is 1. The number of carbonyl (C=O) groups is 2. The Balaban J connectivity index is 1.69. The number of carbonyl (C=O) groups excluding carboxylic acids is 2. The standard InChI is InChI=1S/C20H21BrN2O3/c1-13(14-6-5-7-16(21)10-14)22-20(25)15-11-19(24)23(12-15)17-8-3-4-9-18(17)26-2/h3-10,13,15H,11-12H2,1-2H3,(H,22,25). The molecule has 136 valence electrons. The van der Waals surface area contributed by atoms with Crippen LogP contribution in [0.5, 0.6) is 5.75 Å². The number of amides is 2. The quantitative estimate of drug-likeness (QED) is 0.808. The summed E-state index contributed by atoms with van der Waals surface area (Å²) < 4.78 is 6.30. The van der Waals surface area contributed by atoms with E-state index in [1.165, 1.54) is 0 Å². The van der Waals surface area contributed by atoms with Gasteiger partial charge in [-0.25, -0.2) is 0 Å². The third kappa shape index (κ3) is 3.90. The molecule has 2 amide bonds. The molecule has 6 heteroatoms. The maximum absolute atomic E-state index is 12.7. The molecule has 2 aromatic carbocycles. The molecule has 0 spiro atoms. The number of benzene rings is 2. The molecular formula is C20H21BrN2O3. The van der Waals surface area contributed by atoms with Crippen LogP contribution in [-0.4, -0.2) is 25.5 Å². The average molecular weight is 417 g/mol. The van der Waals surface area contributed by atoms with Gasteiger partial charge < -0.3 is 15.0 Å². The highest BCUT2D eigenvalue weighted by Gasteiger charge is 2.36. The molecule has 1 N–H and O–H groups in total.